The van der Waals surface area contributed by atoms with E-state index in [4.69, 9.17) is 11.6 Å². The number of rotatable bonds is 6. The number of carbonyl (C=O) groups is 1. The third-order valence-corrected chi connectivity index (χ3v) is 5.35. The molecule has 3 rings (SSSR count). The second kappa shape index (κ2) is 5.61. The maximum Gasteiger partial charge on any atom is 0.324 e. The van der Waals surface area contributed by atoms with Crippen LogP contribution >= 0.6 is 11.6 Å². The van der Waals surface area contributed by atoms with E-state index in [1.165, 1.54) is 0 Å². The first-order valence-corrected chi connectivity index (χ1v) is 8.10. The molecule has 0 spiro atoms. The lowest BCUT2D eigenvalue weighted by Crippen LogP contribution is -2.55. The van der Waals surface area contributed by atoms with Gasteiger partial charge in [0.05, 0.1) is 16.9 Å². The summed E-state index contributed by atoms with van der Waals surface area (Å²) in [4.78, 5) is 11.9. The smallest absolute Gasteiger partial charge is 0.324 e. The van der Waals surface area contributed by atoms with Crippen LogP contribution in [-0.4, -0.2) is 32.4 Å². The fourth-order valence-electron chi connectivity index (χ4n) is 3.52. The van der Waals surface area contributed by atoms with Crippen LogP contribution in [0.2, 0.25) is 5.02 Å². The highest BCUT2D eigenvalue weighted by atomic mass is 35.5. The van der Waals surface area contributed by atoms with E-state index in [0.29, 0.717) is 11.1 Å². The number of hydrogen-bond acceptors (Lipinski definition) is 3. The van der Waals surface area contributed by atoms with E-state index >= 15 is 0 Å². The number of carboxylic acid groups (broad SMARTS) is 1. The third kappa shape index (κ3) is 2.81. The van der Waals surface area contributed by atoms with Crippen LogP contribution in [0.3, 0.4) is 0 Å². The van der Waals surface area contributed by atoms with Crippen molar-refractivity contribution < 1.29 is 9.90 Å². The molecule has 6 heteroatoms. The first kappa shape index (κ1) is 14.9. The molecule has 2 unspecified atom stereocenters. The van der Waals surface area contributed by atoms with Crippen LogP contribution < -0.4 is 5.32 Å². The van der Waals surface area contributed by atoms with Crippen LogP contribution in [0.1, 0.15) is 44.2 Å². The molecule has 116 valence electrons. The van der Waals surface area contributed by atoms with Gasteiger partial charge in [0, 0.05) is 12.6 Å². The summed E-state index contributed by atoms with van der Waals surface area (Å²) in [5, 5.41) is 18.1. The van der Waals surface area contributed by atoms with E-state index in [9.17, 15) is 9.90 Å². The topological polar surface area (TPSA) is 67.2 Å². The largest absolute Gasteiger partial charge is 0.480 e. The van der Waals surface area contributed by atoms with Gasteiger partial charge in [-0.25, -0.2) is 0 Å². The maximum absolute atomic E-state index is 11.9. The minimum atomic E-state index is -0.730. The zero-order valence-corrected chi connectivity index (χ0v) is 13.1. The highest BCUT2D eigenvalue weighted by Gasteiger charge is 2.51. The second-order valence-electron chi connectivity index (χ2n) is 6.37. The van der Waals surface area contributed by atoms with Crippen molar-refractivity contribution in [2.24, 2.45) is 5.92 Å². The monoisotopic (exact) mass is 311 g/mol. The molecule has 1 aromatic rings. The fraction of sp³-hybridized carbons (Fsp3) is 0.733. The van der Waals surface area contributed by atoms with E-state index in [0.717, 1.165) is 50.8 Å². The lowest BCUT2D eigenvalue weighted by atomic mass is 9.84. The summed E-state index contributed by atoms with van der Waals surface area (Å²) in [6.45, 7) is 2.67. The number of aromatic nitrogens is 2. The van der Waals surface area contributed by atoms with E-state index in [-0.39, 0.29) is 5.92 Å². The summed E-state index contributed by atoms with van der Waals surface area (Å²) in [5.74, 6) is -0.523. The van der Waals surface area contributed by atoms with Crippen molar-refractivity contribution in [2.45, 2.75) is 63.6 Å². The lowest BCUT2D eigenvalue weighted by molar-refractivity contribution is -0.147. The first-order chi connectivity index (χ1) is 10.0. The highest BCUT2D eigenvalue weighted by molar-refractivity contribution is 6.31. The molecule has 2 saturated carbocycles. The van der Waals surface area contributed by atoms with Crippen molar-refractivity contribution in [3.05, 3.63) is 16.9 Å². The minimum Gasteiger partial charge on any atom is -0.480 e. The van der Waals surface area contributed by atoms with Crippen molar-refractivity contribution in [1.29, 1.82) is 0 Å². The molecule has 0 radical (unpaired) electrons. The predicted octanol–water partition coefficient (Wildman–Crippen LogP) is 2.61. The van der Waals surface area contributed by atoms with E-state index < -0.39 is 11.5 Å². The summed E-state index contributed by atoms with van der Waals surface area (Å²) in [5.41, 5.74) is 0.220. The van der Waals surface area contributed by atoms with Crippen LogP contribution in [-0.2, 0) is 11.3 Å². The van der Waals surface area contributed by atoms with Gasteiger partial charge < -0.3 is 5.11 Å². The normalized spacial score (nSPS) is 29.0. The molecular formula is C15H22ClN3O2. The summed E-state index contributed by atoms with van der Waals surface area (Å²) in [7, 11) is 0. The van der Waals surface area contributed by atoms with Gasteiger partial charge in [0.1, 0.15) is 5.54 Å². The molecule has 0 saturated heterocycles. The van der Waals surface area contributed by atoms with Crippen molar-refractivity contribution in [3.63, 3.8) is 0 Å². The van der Waals surface area contributed by atoms with E-state index in [1.807, 2.05) is 11.6 Å². The molecular weight excluding hydrogens is 290 g/mol. The standard InChI is InChI=1S/C15H22ClN3O2/c1-10-13(16)9-17-19(10)8-6-11-3-2-7-15(11,14(20)21)18-12-4-5-12/h9,11-12,18H,2-8H2,1H3,(H,20,21). The Bertz CT molecular complexity index is 541. The molecule has 1 aromatic heterocycles. The minimum absolute atomic E-state index is 0.165. The number of nitrogens with zero attached hydrogens (tertiary/aromatic N) is 2. The van der Waals surface area contributed by atoms with Gasteiger partial charge in [-0.2, -0.15) is 5.10 Å². The lowest BCUT2D eigenvalue weighted by Gasteiger charge is -2.33. The van der Waals surface area contributed by atoms with Gasteiger partial charge in [-0.15, -0.1) is 0 Å². The zero-order valence-electron chi connectivity index (χ0n) is 12.3. The van der Waals surface area contributed by atoms with Gasteiger partial charge in [-0.05, 0) is 44.9 Å². The number of hydrogen-bond donors (Lipinski definition) is 2. The Morgan fingerprint density at radius 2 is 2.33 bits per heavy atom. The quantitative estimate of drug-likeness (QED) is 0.847. The van der Waals surface area contributed by atoms with Crippen LogP contribution in [0.15, 0.2) is 6.20 Å². The number of halogens is 1. The molecule has 2 aliphatic carbocycles. The van der Waals surface area contributed by atoms with Crippen molar-refractivity contribution in [3.8, 4) is 0 Å². The third-order valence-electron chi connectivity index (χ3n) is 4.97. The van der Waals surface area contributed by atoms with Gasteiger partial charge in [0.15, 0.2) is 0 Å². The summed E-state index contributed by atoms with van der Waals surface area (Å²) < 4.78 is 1.88. The number of nitrogens with one attached hydrogen (secondary N) is 1. The van der Waals surface area contributed by atoms with Crippen molar-refractivity contribution in [2.75, 3.05) is 0 Å². The average molecular weight is 312 g/mol. The molecule has 0 aromatic carbocycles. The van der Waals surface area contributed by atoms with Gasteiger partial charge >= 0.3 is 5.97 Å². The number of carboxylic acids is 1. The van der Waals surface area contributed by atoms with Crippen molar-refractivity contribution >= 4 is 17.6 Å². The Labute approximate surface area is 129 Å². The molecule has 0 amide bonds. The second-order valence-corrected chi connectivity index (χ2v) is 6.78. The molecule has 2 aliphatic rings. The summed E-state index contributed by atoms with van der Waals surface area (Å²) >= 11 is 6.02. The summed E-state index contributed by atoms with van der Waals surface area (Å²) in [6.07, 6.45) is 7.38. The van der Waals surface area contributed by atoms with E-state index in [1.54, 1.807) is 6.20 Å². The number of aryl methyl sites for hydroxylation is 1. The molecule has 21 heavy (non-hydrogen) atoms. The number of aliphatic carboxylic acids is 1. The molecule has 0 bridgehead atoms. The molecule has 2 N–H and O–H groups in total. The predicted molar refractivity (Wildman–Crippen MR) is 80.5 cm³/mol. The Kier molecular flexibility index (Phi) is 3.97. The van der Waals surface area contributed by atoms with Crippen LogP contribution in [0.25, 0.3) is 0 Å². The molecule has 2 atom stereocenters. The van der Waals surface area contributed by atoms with Crippen LogP contribution in [0.4, 0.5) is 0 Å². The molecule has 0 aliphatic heterocycles. The molecule has 2 fully saturated rings. The average Bonchev–Trinajstić information content (AvgIpc) is 3.08. The van der Waals surface area contributed by atoms with Gasteiger partial charge in [-0.3, -0.25) is 14.8 Å². The highest BCUT2D eigenvalue weighted by Crippen LogP contribution is 2.41. The van der Waals surface area contributed by atoms with Crippen molar-refractivity contribution in [1.82, 2.24) is 15.1 Å². The van der Waals surface area contributed by atoms with Gasteiger partial charge in [-0.1, -0.05) is 18.0 Å². The molecule has 5 nitrogen and oxygen atoms in total. The Balaban J connectivity index is 1.70. The maximum atomic E-state index is 11.9. The Morgan fingerprint density at radius 3 is 2.90 bits per heavy atom. The Morgan fingerprint density at radius 1 is 1.57 bits per heavy atom. The zero-order chi connectivity index (χ0) is 15.0. The van der Waals surface area contributed by atoms with Crippen LogP contribution in [0.5, 0.6) is 0 Å². The van der Waals surface area contributed by atoms with Gasteiger partial charge in [0.2, 0.25) is 0 Å². The SMILES string of the molecule is Cc1c(Cl)cnn1CCC1CCCC1(NC1CC1)C(=O)O. The first-order valence-electron chi connectivity index (χ1n) is 7.72. The van der Waals surface area contributed by atoms with Gasteiger partial charge in [0.25, 0.3) is 0 Å². The molecule has 1 heterocycles. The Hall–Kier alpha value is -1.07. The fourth-order valence-corrected chi connectivity index (χ4v) is 3.66. The summed E-state index contributed by atoms with van der Waals surface area (Å²) in [6, 6.07) is 0.405. The van der Waals surface area contributed by atoms with Crippen LogP contribution in [0, 0.1) is 12.8 Å². The van der Waals surface area contributed by atoms with E-state index in [2.05, 4.69) is 10.4 Å².